The minimum atomic E-state index is -1.21. The third-order valence-electron chi connectivity index (χ3n) is 4.24. The van der Waals surface area contributed by atoms with Crippen molar-refractivity contribution in [2.75, 3.05) is 0 Å². The summed E-state index contributed by atoms with van der Waals surface area (Å²) in [6.07, 6.45) is 9.36. The van der Waals surface area contributed by atoms with Gasteiger partial charge in [-0.05, 0) is 63.7 Å². The number of allylic oxidation sites excluding steroid dienone is 5. The third kappa shape index (κ3) is 11.4. The van der Waals surface area contributed by atoms with Gasteiger partial charge in [-0.15, -0.1) is 6.58 Å². The van der Waals surface area contributed by atoms with Crippen LogP contribution in [0.1, 0.15) is 57.6 Å². The summed E-state index contributed by atoms with van der Waals surface area (Å²) in [5, 5.41) is 3.23. The van der Waals surface area contributed by atoms with Crippen molar-refractivity contribution < 1.29 is 4.39 Å². The van der Waals surface area contributed by atoms with Gasteiger partial charge >= 0.3 is 0 Å². The van der Waals surface area contributed by atoms with Gasteiger partial charge in [0.2, 0.25) is 0 Å². The molecule has 0 fully saturated rings. The number of alkyl halides is 1. The van der Waals surface area contributed by atoms with Crippen LogP contribution in [-0.4, -0.2) is 5.67 Å². The molecule has 0 aliphatic rings. The highest BCUT2D eigenvalue weighted by atomic mass is 19.1. The highest BCUT2D eigenvalue weighted by Crippen LogP contribution is 2.18. The molecule has 1 aromatic carbocycles. The fourth-order valence-corrected chi connectivity index (χ4v) is 2.97. The molecule has 0 amide bonds. The smallest absolute Gasteiger partial charge is 0.109 e. The predicted molar refractivity (Wildman–Crippen MR) is 122 cm³/mol. The number of hydrogen-bond donors (Lipinski definition) is 1. The molecule has 0 aliphatic carbocycles. The van der Waals surface area contributed by atoms with Gasteiger partial charge < -0.3 is 5.32 Å². The van der Waals surface area contributed by atoms with Crippen LogP contribution < -0.4 is 5.32 Å². The van der Waals surface area contributed by atoms with Crippen LogP contribution >= 0.6 is 0 Å². The van der Waals surface area contributed by atoms with Crippen molar-refractivity contribution in [3.05, 3.63) is 96.4 Å². The molecule has 1 N–H and O–H groups in total. The molecule has 0 aromatic heterocycles. The standard InChI is InChI=1S/C26H36FN/c1-20(2)11-8-9-12-21(3)15-16-22(4)28-23(5)17-24-13-10-14-25(18-24)19-26(6,7)27/h10,13-16,18,28H,1,3-5,8-9,11-12,17,19H2,2,6-7H3/b16-15-. The summed E-state index contributed by atoms with van der Waals surface area (Å²) in [5.41, 5.74) is 4.87. The first-order valence-corrected chi connectivity index (χ1v) is 9.96. The Morgan fingerprint density at radius 2 is 1.68 bits per heavy atom. The van der Waals surface area contributed by atoms with E-state index in [1.807, 2.05) is 36.4 Å². The monoisotopic (exact) mass is 381 g/mol. The Hall–Kier alpha value is -2.35. The number of rotatable bonds is 13. The summed E-state index contributed by atoms with van der Waals surface area (Å²) in [6, 6.07) is 8.01. The average Bonchev–Trinajstić information content (AvgIpc) is 2.55. The zero-order valence-electron chi connectivity index (χ0n) is 17.9. The lowest BCUT2D eigenvalue weighted by atomic mass is 9.97. The molecule has 0 saturated carbocycles. The van der Waals surface area contributed by atoms with Crippen LogP contribution in [0, 0.1) is 0 Å². The Labute approximate surface area is 171 Å². The molecule has 2 heteroatoms. The molecule has 1 rings (SSSR count). The minimum absolute atomic E-state index is 0.407. The summed E-state index contributed by atoms with van der Waals surface area (Å²) in [4.78, 5) is 0. The first-order valence-electron chi connectivity index (χ1n) is 9.96. The Morgan fingerprint density at radius 3 is 2.32 bits per heavy atom. The third-order valence-corrected chi connectivity index (χ3v) is 4.24. The molecule has 0 heterocycles. The number of nitrogens with one attached hydrogen (secondary N) is 1. The molecule has 0 atom stereocenters. The largest absolute Gasteiger partial charge is 0.360 e. The van der Waals surface area contributed by atoms with Crippen LogP contribution in [0.25, 0.3) is 0 Å². The lowest BCUT2D eigenvalue weighted by Crippen LogP contribution is -2.16. The van der Waals surface area contributed by atoms with Gasteiger partial charge in [-0.2, -0.15) is 0 Å². The summed E-state index contributed by atoms with van der Waals surface area (Å²) in [7, 11) is 0. The van der Waals surface area contributed by atoms with E-state index in [0.717, 1.165) is 53.8 Å². The van der Waals surface area contributed by atoms with E-state index >= 15 is 0 Å². The predicted octanol–water partition coefficient (Wildman–Crippen LogP) is 7.39. The Kier molecular flexibility index (Phi) is 9.72. The minimum Gasteiger partial charge on any atom is -0.360 e. The summed E-state index contributed by atoms with van der Waals surface area (Å²) < 4.78 is 13.9. The maximum absolute atomic E-state index is 13.9. The molecule has 0 radical (unpaired) electrons. The van der Waals surface area contributed by atoms with Gasteiger partial charge in [0.15, 0.2) is 0 Å². The van der Waals surface area contributed by atoms with Gasteiger partial charge in [0, 0.05) is 24.2 Å². The average molecular weight is 382 g/mol. The lowest BCUT2D eigenvalue weighted by Gasteiger charge is -2.15. The van der Waals surface area contributed by atoms with Crippen molar-refractivity contribution in [3.63, 3.8) is 0 Å². The van der Waals surface area contributed by atoms with Crippen molar-refractivity contribution in [3.8, 4) is 0 Å². The van der Waals surface area contributed by atoms with E-state index in [1.54, 1.807) is 13.8 Å². The van der Waals surface area contributed by atoms with Crippen molar-refractivity contribution in [1.82, 2.24) is 5.32 Å². The quantitative estimate of drug-likeness (QED) is 0.213. The molecule has 0 unspecified atom stereocenters. The van der Waals surface area contributed by atoms with Crippen LogP contribution in [-0.2, 0) is 12.8 Å². The number of halogens is 1. The van der Waals surface area contributed by atoms with Crippen LogP contribution in [0.3, 0.4) is 0 Å². The summed E-state index contributed by atoms with van der Waals surface area (Å²) in [5.74, 6) is 0. The van der Waals surface area contributed by atoms with E-state index in [1.165, 1.54) is 5.57 Å². The van der Waals surface area contributed by atoms with Crippen molar-refractivity contribution >= 4 is 0 Å². The first kappa shape index (κ1) is 23.7. The van der Waals surface area contributed by atoms with Gasteiger partial charge in [0.05, 0.1) is 0 Å². The molecule has 0 aliphatic heterocycles. The molecule has 1 nitrogen and oxygen atoms in total. The topological polar surface area (TPSA) is 12.0 Å². The fraction of sp³-hybridized carbons (Fsp3) is 0.385. The van der Waals surface area contributed by atoms with E-state index in [4.69, 9.17) is 0 Å². The maximum atomic E-state index is 13.9. The highest BCUT2D eigenvalue weighted by Gasteiger charge is 2.16. The van der Waals surface area contributed by atoms with Gasteiger partial charge in [-0.25, -0.2) is 4.39 Å². The van der Waals surface area contributed by atoms with Crippen molar-refractivity contribution in [2.24, 2.45) is 0 Å². The second kappa shape index (κ2) is 11.5. The Balaban J connectivity index is 2.44. The lowest BCUT2D eigenvalue weighted by molar-refractivity contribution is 0.217. The van der Waals surface area contributed by atoms with Gasteiger partial charge in [0.1, 0.15) is 5.67 Å². The zero-order valence-corrected chi connectivity index (χ0v) is 17.9. The van der Waals surface area contributed by atoms with Crippen LogP contribution in [0.5, 0.6) is 0 Å². The fourth-order valence-electron chi connectivity index (χ4n) is 2.97. The van der Waals surface area contributed by atoms with Crippen LogP contribution in [0.2, 0.25) is 0 Å². The second-order valence-corrected chi connectivity index (χ2v) is 8.30. The molecule has 1 aromatic rings. The van der Waals surface area contributed by atoms with Gasteiger partial charge in [-0.3, -0.25) is 0 Å². The Morgan fingerprint density at radius 1 is 1.04 bits per heavy atom. The van der Waals surface area contributed by atoms with E-state index in [9.17, 15) is 4.39 Å². The molecule has 28 heavy (non-hydrogen) atoms. The zero-order chi connectivity index (χ0) is 21.2. The normalized spacial score (nSPS) is 11.4. The maximum Gasteiger partial charge on any atom is 0.109 e. The van der Waals surface area contributed by atoms with Crippen molar-refractivity contribution in [1.29, 1.82) is 0 Å². The van der Waals surface area contributed by atoms with E-state index < -0.39 is 5.67 Å². The molecule has 0 spiro atoms. The van der Waals surface area contributed by atoms with Crippen LogP contribution in [0.15, 0.2) is 85.3 Å². The van der Waals surface area contributed by atoms with E-state index in [2.05, 4.69) is 38.6 Å². The summed E-state index contributed by atoms with van der Waals surface area (Å²) >= 11 is 0. The first-order chi connectivity index (χ1) is 13.0. The van der Waals surface area contributed by atoms with Gasteiger partial charge in [-0.1, -0.05) is 61.2 Å². The summed E-state index contributed by atoms with van der Waals surface area (Å²) in [6.45, 7) is 21.4. The van der Waals surface area contributed by atoms with Gasteiger partial charge in [0.25, 0.3) is 0 Å². The van der Waals surface area contributed by atoms with E-state index in [0.29, 0.717) is 12.8 Å². The number of benzene rings is 1. The Bertz CT molecular complexity index is 731. The molecule has 0 bridgehead atoms. The van der Waals surface area contributed by atoms with Crippen molar-refractivity contribution in [2.45, 2.75) is 65.0 Å². The van der Waals surface area contributed by atoms with Crippen LogP contribution in [0.4, 0.5) is 4.39 Å². The molecule has 0 saturated heterocycles. The molecular weight excluding hydrogens is 345 g/mol. The van der Waals surface area contributed by atoms with E-state index in [-0.39, 0.29) is 0 Å². The number of hydrogen-bond acceptors (Lipinski definition) is 1. The molecular formula is C26H36FN. The SMILES string of the molecule is C=C(C)CCCCC(=C)/C=C\C(=C)NC(=C)Cc1cccc(CC(C)(C)F)c1. The molecule has 152 valence electrons. The second-order valence-electron chi connectivity index (χ2n) is 8.30. The highest BCUT2D eigenvalue weighted by molar-refractivity contribution is 5.30. The number of unbranched alkanes of at least 4 members (excludes halogenated alkanes) is 1.